The van der Waals surface area contributed by atoms with E-state index in [9.17, 15) is 4.79 Å². The van der Waals surface area contributed by atoms with Crippen molar-refractivity contribution in [3.05, 3.63) is 47.5 Å². The lowest BCUT2D eigenvalue weighted by Gasteiger charge is -2.24. The largest absolute Gasteiger partial charge is 0.478 e. The molecular formula is C14H16O2. The molecule has 1 aromatic carbocycles. The van der Waals surface area contributed by atoms with Crippen LogP contribution >= 0.6 is 0 Å². The Hall–Kier alpha value is -1.57. The molecular weight excluding hydrogens is 200 g/mol. The van der Waals surface area contributed by atoms with Gasteiger partial charge in [-0.15, -0.1) is 0 Å². The van der Waals surface area contributed by atoms with Crippen LogP contribution in [0.1, 0.15) is 37.2 Å². The maximum absolute atomic E-state index is 10.6. The summed E-state index contributed by atoms with van der Waals surface area (Å²) in [6.07, 6.45) is 5.49. The van der Waals surface area contributed by atoms with Gasteiger partial charge in [-0.05, 0) is 37.2 Å². The Bertz CT molecular complexity index is 392. The summed E-state index contributed by atoms with van der Waals surface area (Å²) in [5.41, 5.74) is 2.41. The Balaban J connectivity index is 2.11. The number of carboxylic acid groups (broad SMARTS) is 1. The third kappa shape index (κ3) is 2.72. The van der Waals surface area contributed by atoms with E-state index in [2.05, 4.69) is 12.1 Å². The second kappa shape index (κ2) is 4.97. The van der Waals surface area contributed by atoms with Gasteiger partial charge in [-0.2, -0.15) is 0 Å². The minimum absolute atomic E-state index is 0.501. The first-order valence-corrected chi connectivity index (χ1v) is 5.73. The molecule has 1 atom stereocenters. The van der Waals surface area contributed by atoms with Crippen molar-refractivity contribution < 1.29 is 9.90 Å². The first-order chi connectivity index (χ1) is 7.75. The summed E-state index contributed by atoms with van der Waals surface area (Å²) in [5.74, 6) is -0.315. The van der Waals surface area contributed by atoms with Crippen LogP contribution in [-0.2, 0) is 4.79 Å². The molecule has 0 heterocycles. The number of aliphatic carboxylic acids is 1. The highest BCUT2D eigenvalue weighted by Crippen LogP contribution is 2.35. The van der Waals surface area contributed by atoms with Gasteiger partial charge in [0, 0.05) is 6.08 Å². The molecule has 0 aromatic heterocycles. The van der Waals surface area contributed by atoms with E-state index in [1.807, 2.05) is 18.2 Å². The Labute approximate surface area is 95.6 Å². The molecule has 0 saturated heterocycles. The standard InChI is InChI=1S/C14H16O2/c15-14(16)10-11-5-4-8-13(9-11)12-6-2-1-3-7-12/h1-3,6-7,10,13H,4-5,8-9H2,(H,15,16)/b11-10+/t13-/m1/s1. The van der Waals surface area contributed by atoms with Crippen molar-refractivity contribution in [1.29, 1.82) is 0 Å². The van der Waals surface area contributed by atoms with Crippen molar-refractivity contribution in [1.82, 2.24) is 0 Å². The maximum Gasteiger partial charge on any atom is 0.328 e. The van der Waals surface area contributed by atoms with Crippen LogP contribution in [0.25, 0.3) is 0 Å². The van der Waals surface area contributed by atoms with Gasteiger partial charge in [-0.25, -0.2) is 4.79 Å². The summed E-state index contributed by atoms with van der Waals surface area (Å²) in [7, 11) is 0. The molecule has 0 bridgehead atoms. The van der Waals surface area contributed by atoms with Gasteiger partial charge >= 0.3 is 5.97 Å². The van der Waals surface area contributed by atoms with Crippen molar-refractivity contribution in [2.75, 3.05) is 0 Å². The lowest BCUT2D eigenvalue weighted by molar-refractivity contribution is -0.131. The van der Waals surface area contributed by atoms with E-state index in [0.717, 1.165) is 24.8 Å². The number of allylic oxidation sites excluding steroid dienone is 1. The molecule has 16 heavy (non-hydrogen) atoms. The van der Waals surface area contributed by atoms with Crippen LogP contribution in [0, 0.1) is 0 Å². The second-order valence-electron chi connectivity index (χ2n) is 4.34. The van der Waals surface area contributed by atoms with Crippen molar-refractivity contribution in [2.24, 2.45) is 0 Å². The molecule has 1 aliphatic rings. The first kappa shape index (κ1) is 10.9. The molecule has 2 rings (SSSR count). The molecule has 0 radical (unpaired) electrons. The number of rotatable bonds is 2. The van der Waals surface area contributed by atoms with Gasteiger partial charge < -0.3 is 5.11 Å². The van der Waals surface area contributed by atoms with Gasteiger partial charge in [0.1, 0.15) is 0 Å². The van der Waals surface area contributed by atoms with E-state index in [1.165, 1.54) is 18.1 Å². The third-order valence-electron chi connectivity index (χ3n) is 3.16. The second-order valence-corrected chi connectivity index (χ2v) is 4.34. The van der Waals surface area contributed by atoms with Crippen molar-refractivity contribution in [3.8, 4) is 0 Å². The lowest BCUT2D eigenvalue weighted by atomic mass is 9.81. The summed E-state index contributed by atoms with van der Waals surface area (Å²) in [6, 6.07) is 10.4. The van der Waals surface area contributed by atoms with Crippen LogP contribution in [0.15, 0.2) is 42.0 Å². The first-order valence-electron chi connectivity index (χ1n) is 5.73. The summed E-state index contributed by atoms with van der Waals surface area (Å²) in [5, 5.41) is 8.75. The fourth-order valence-electron chi connectivity index (χ4n) is 2.41. The van der Waals surface area contributed by atoms with Crippen molar-refractivity contribution >= 4 is 5.97 Å². The number of hydrogen-bond donors (Lipinski definition) is 1. The van der Waals surface area contributed by atoms with Gasteiger partial charge in [-0.1, -0.05) is 35.9 Å². The van der Waals surface area contributed by atoms with Crippen LogP contribution in [-0.4, -0.2) is 11.1 Å². The van der Waals surface area contributed by atoms with Gasteiger partial charge in [0.05, 0.1) is 0 Å². The van der Waals surface area contributed by atoms with Crippen LogP contribution < -0.4 is 0 Å². The molecule has 1 saturated carbocycles. The monoisotopic (exact) mass is 216 g/mol. The average molecular weight is 216 g/mol. The van der Waals surface area contributed by atoms with Crippen molar-refractivity contribution in [2.45, 2.75) is 31.6 Å². The van der Waals surface area contributed by atoms with Crippen LogP contribution in [0.4, 0.5) is 0 Å². The number of benzene rings is 1. The predicted molar refractivity (Wildman–Crippen MR) is 63.4 cm³/mol. The topological polar surface area (TPSA) is 37.3 Å². The number of hydrogen-bond acceptors (Lipinski definition) is 1. The molecule has 2 heteroatoms. The Kier molecular flexibility index (Phi) is 3.40. The molecule has 84 valence electrons. The van der Waals surface area contributed by atoms with Gasteiger partial charge in [0.15, 0.2) is 0 Å². The van der Waals surface area contributed by atoms with Crippen molar-refractivity contribution in [3.63, 3.8) is 0 Å². The Morgan fingerprint density at radius 2 is 2.06 bits per heavy atom. The normalized spacial score (nSPS) is 23.2. The Morgan fingerprint density at radius 1 is 1.31 bits per heavy atom. The third-order valence-corrected chi connectivity index (χ3v) is 3.16. The van der Waals surface area contributed by atoms with E-state index >= 15 is 0 Å². The Morgan fingerprint density at radius 3 is 2.75 bits per heavy atom. The number of carbonyl (C=O) groups is 1. The van der Waals surface area contributed by atoms with Gasteiger partial charge in [0.25, 0.3) is 0 Å². The molecule has 1 aliphatic carbocycles. The summed E-state index contributed by atoms with van der Waals surface area (Å²) >= 11 is 0. The smallest absolute Gasteiger partial charge is 0.328 e. The highest BCUT2D eigenvalue weighted by Gasteiger charge is 2.18. The summed E-state index contributed by atoms with van der Waals surface area (Å²) < 4.78 is 0. The molecule has 0 spiro atoms. The highest BCUT2D eigenvalue weighted by molar-refractivity contribution is 5.80. The minimum Gasteiger partial charge on any atom is -0.478 e. The van der Waals surface area contributed by atoms with E-state index in [-0.39, 0.29) is 0 Å². The van der Waals surface area contributed by atoms with E-state index in [1.54, 1.807) is 0 Å². The average Bonchev–Trinajstić information content (AvgIpc) is 2.30. The summed E-state index contributed by atoms with van der Waals surface area (Å²) in [6.45, 7) is 0. The quantitative estimate of drug-likeness (QED) is 0.770. The van der Waals surface area contributed by atoms with E-state index < -0.39 is 5.97 Å². The minimum atomic E-state index is -0.816. The van der Waals surface area contributed by atoms with Crippen LogP contribution in [0.5, 0.6) is 0 Å². The predicted octanol–water partition coefficient (Wildman–Crippen LogP) is 3.36. The maximum atomic E-state index is 10.6. The molecule has 1 aromatic rings. The molecule has 0 amide bonds. The molecule has 2 nitrogen and oxygen atoms in total. The fourth-order valence-corrected chi connectivity index (χ4v) is 2.41. The molecule has 0 unspecified atom stereocenters. The molecule has 1 N–H and O–H groups in total. The lowest BCUT2D eigenvalue weighted by Crippen LogP contribution is -2.08. The van der Waals surface area contributed by atoms with E-state index in [4.69, 9.17) is 5.11 Å². The van der Waals surface area contributed by atoms with Crippen LogP contribution in [0.3, 0.4) is 0 Å². The zero-order chi connectivity index (χ0) is 11.4. The SMILES string of the molecule is O=C(O)/C=C1\CCC[C@@H](c2ccccc2)C1. The number of carboxylic acids is 1. The van der Waals surface area contributed by atoms with Gasteiger partial charge in [0.2, 0.25) is 0 Å². The summed E-state index contributed by atoms with van der Waals surface area (Å²) in [4.78, 5) is 10.6. The van der Waals surface area contributed by atoms with E-state index in [0.29, 0.717) is 5.92 Å². The van der Waals surface area contributed by atoms with Gasteiger partial charge in [-0.3, -0.25) is 0 Å². The van der Waals surface area contributed by atoms with Crippen LogP contribution in [0.2, 0.25) is 0 Å². The highest BCUT2D eigenvalue weighted by atomic mass is 16.4. The zero-order valence-electron chi connectivity index (χ0n) is 9.23. The molecule has 1 fully saturated rings. The fraction of sp³-hybridized carbons (Fsp3) is 0.357. The molecule has 0 aliphatic heterocycles. The zero-order valence-corrected chi connectivity index (χ0v) is 9.23.